The zero-order valence-corrected chi connectivity index (χ0v) is 17.6. The van der Waals surface area contributed by atoms with Gasteiger partial charge in [-0.2, -0.15) is 13.2 Å². The Morgan fingerprint density at radius 2 is 1.52 bits per heavy atom. The summed E-state index contributed by atoms with van der Waals surface area (Å²) >= 11 is 0. The van der Waals surface area contributed by atoms with Crippen molar-refractivity contribution >= 4 is 29.9 Å². The normalized spacial score (nSPS) is 11.7. The molecule has 0 saturated heterocycles. The van der Waals surface area contributed by atoms with Gasteiger partial charge in [0.15, 0.2) is 5.96 Å². The molecule has 0 radical (unpaired) electrons. The highest BCUT2D eigenvalue weighted by Crippen LogP contribution is 2.29. The highest BCUT2D eigenvalue weighted by molar-refractivity contribution is 14.0. The van der Waals surface area contributed by atoms with Crippen LogP contribution in [0.1, 0.15) is 22.4 Å². The van der Waals surface area contributed by atoms with E-state index in [4.69, 9.17) is 0 Å². The van der Waals surface area contributed by atoms with E-state index < -0.39 is 11.7 Å². The number of hydrogen-bond donors (Lipinski definition) is 2. The lowest BCUT2D eigenvalue weighted by Gasteiger charge is -2.12. The smallest absolute Gasteiger partial charge is 0.356 e. The predicted octanol–water partition coefficient (Wildman–Crippen LogP) is 3.98. The van der Waals surface area contributed by atoms with Gasteiger partial charge in [0.25, 0.3) is 0 Å². The summed E-state index contributed by atoms with van der Waals surface area (Å²) in [5.41, 5.74) is 2.34. The van der Waals surface area contributed by atoms with Crippen molar-refractivity contribution < 1.29 is 13.2 Å². The molecule has 0 bridgehead atoms. The van der Waals surface area contributed by atoms with E-state index in [0.717, 1.165) is 35.4 Å². The second kappa shape index (κ2) is 11.1. The van der Waals surface area contributed by atoms with E-state index in [0.29, 0.717) is 25.5 Å². The summed E-state index contributed by atoms with van der Waals surface area (Å²) in [4.78, 5) is 8.40. The standard InChI is InChI=1S/C19H23F3N4.HI/c1-14-3-4-16(13-26-14)10-12-25-18(23-2)24-11-9-15-5-7-17(8-6-15)19(20,21)22;/h3-8,13H,9-12H2,1-2H3,(H2,23,24,25);1H. The molecular weight excluding hydrogens is 468 g/mol. The number of nitrogens with zero attached hydrogens (tertiary/aromatic N) is 2. The van der Waals surface area contributed by atoms with Crippen molar-refractivity contribution in [3.63, 3.8) is 0 Å². The van der Waals surface area contributed by atoms with Gasteiger partial charge in [-0.3, -0.25) is 9.98 Å². The van der Waals surface area contributed by atoms with Crippen LogP contribution in [0.15, 0.2) is 47.6 Å². The Morgan fingerprint density at radius 3 is 2.00 bits per heavy atom. The first kappa shape index (κ1) is 23.2. The van der Waals surface area contributed by atoms with Crippen LogP contribution in [0.4, 0.5) is 13.2 Å². The summed E-state index contributed by atoms with van der Waals surface area (Å²) in [5.74, 6) is 0.664. The minimum absolute atomic E-state index is 0. The number of aromatic nitrogens is 1. The van der Waals surface area contributed by atoms with E-state index in [2.05, 4.69) is 20.6 Å². The average Bonchev–Trinajstić information content (AvgIpc) is 2.61. The number of benzene rings is 1. The fourth-order valence-electron chi connectivity index (χ4n) is 2.38. The molecule has 4 nitrogen and oxygen atoms in total. The van der Waals surface area contributed by atoms with E-state index >= 15 is 0 Å². The van der Waals surface area contributed by atoms with E-state index in [1.807, 2.05) is 25.3 Å². The zero-order chi connectivity index (χ0) is 19.0. The molecule has 2 aromatic rings. The number of aliphatic imine (C=N–C) groups is 1. The molecule has 1 aromatic heterocycles. The molecule has 2 rings (SSSR count). The summed E-state index contributed by atoms with van der Waals surface area (Å²) in [7, 11) is 1.68. The van der Waals surface area contributed by atoms with Crippen LogP contribution in [0.3, 0.4) is 0 Å². The highest BCUT2D eigenvalue weighted by Gasteiger charge is 2.29. The van der Waals surface area contributed by atoms with Crippen LogP contribution in [0.5, 0.6) is 0 Å². The summed E-state index contributed by atoms with van der Waals surface area (Å²) in [6, 6.07) is 9.25. The average molecular weight is 492 g/mol. The number of aryl methyl sites for hydroxylation is 1. The quantitative estimate of drug-likeness (QED) is 0.365. The Kier molecular flexibility index (Phi) is 9.54. The van der Waals surface area contributed by atoms with Crippen LogP contribution in [0.2, 0.25) is 0 Å². The summed E-state index contributed by atoms with van der Waals surface area (Å²) in [5, 5.41) is 6.37. The Balaban J connectivity index is 0.00000364. The number of rotatable bonds is 6. The number of halogens is 4. The van der Waals surface area contributed by atoms with Crippen molar-refractivity contribution in [1.29, 1.82) is 0 Å². The topological polar surface area (TPSA) is 49.3 Å². The Bertz CT molecular complexity index is 713. The van der Waals surface area contributed by atoms with Crippen molar-refractivity contribution in [1.82, 2.24) is 15.6 Å². The minimum Gasteiger partial charge on any atom is -0.356 e. The zero-order valence-electron chi connectivity index (χ0n) is 15.3. The molecule has 0 aliphatic rings. The van der Waals surface area contributed by atoms with Crippen molar-refractivity contribution in [3.8, 4) is 0 Å². The third-order valence-electron chi connectivity index (χ3n) is 3.89. The fourth-order valence-corrected chi connectivity index (χ4v) is 2.38. The van der Waals surface area contributed by atoms with Gasteiger partial charge in [-0.25, -0.2) is 0 Å². The second-order valence-electron chi connectivity index (χ2n) is 5.93. The molecule has 0 atom stereocenters. The lowest BCUT2D eigenvalue weighted by Crippen LogP contribution is -2.39. The first-order valence-corrected chi connectivity index (χ1v) is 8.40. The molecule has 2 N–H and O–H groups in total. The lowest BCUT2D eigenvalue weighted by molar-refractivity contribution is -0.137. The third kappa shape index (κ3) is 8.15. The van der Waals surface area contributed by atoms with Gasteiger partial charge in [0, 0.05) is 32.0 Å². The first-order valence-electron chi connectivity index (χ1n) is 8.40. The van der Waals surface area contributed by atoms with Crippen LogP contribution in [0, 0.1) is 6.92 Å². The summed E-state index contributed by atoms with van der Waals surface area (Å²) in [6.07, 6.45) is -0.999. The van der Waals surface area contributed by atoms with Gasteiger partial charge < -0.3 is 10.6 Å². The first-order chi connectivity index (χ1) is 12.4. The molecular formula is C19H24F3IN4. The molecule has 0 amide bonds. The van der Waals surface area contributed by atoms with Crippen molar-refractivity contribution in [2.24, 2.45) is 4.99 Å². The fraction of sp³-hybridized carbons (Fsp3) is 0.368. The number of alkyl halides is 3. The van der Waals surface area contributed by atoms with Crippen LogP contribution in [-0.2, 0) is 19.0 Å². The SMILES string of the molecule is CN=C(NCCc1ccc(C(F)(F)F)cc1)NCCc1ccc(C)nc1.I. The molecule has 0 unspecified atom stereocenters. The van der Waals surface area contributed by atoms with Gasteiger partial charge in [0.05, 0.1) is 5.56 Å². The summed E-state index contributed by atoms with van der Waals surface area (Å²) < 4.78 is 37.6. The predicted molar refractivity (Wildman–Crippen MR) is 113 cm³/mol. The molecule has 0 aliphatic heterocycles. The van der Waals surface area contributed by atoms with Gasteiger partial charge in [-0.1, -0.05) is 18.2 Å². The molecule has 0 saturated carbocycles. The maximum Gasteiger partial charge on any atom is 0.416 e. The Hall–Kier alpha value is -1.84. The van der Waals surface area contributed by atoms with Crippen LogP contribution < -0.4 is 10.6 Å². The third-order valence-corrected chi connectivity index (χ3v) is 3.89. The second-order valence-corrected chi connectivity index (χ2v) is 5.93. The molecule has 0 spiro atoms. The van der Waals surface area contributed by atoms with Gasteiger partial charge in [0.1, 0.15) is 0 Å². The van der Waals surface area contributed by atoms with Crippen LogP contribution in [0.25, 0.3) is 0 Å². The summed E-state index contributed by atoms with van der Waals surface area (Å²) in [6.45, 7) is 3.24. The number of hydrogen-bond acceptors (Lipinski definition) is 2. The van der Waals surface area contributed by atoms with E-state index in [1.165, 1.54) is 12.1 Å². The van der Waals surface area contributed by atoms with Crippen molar-refractivity contribution in [2.75, 3.05) is 20.1 Å². The van der Waals surface area contributed by atoms with Gasteiger partial charge >= 0.3 is 6.18 Å². The minimum atomic E-state index is -4.30. The van der Waals surface area contributed by atoms with Crippen molar-refractivity contribution in [3.05, 3.63) is 65.0 Å². The monoisotopic (exact) mass is 492 g/mol. The Labute approximate surface area is 174 Å². The van der Waals surface area contributed by atoms with E-state index in [9.17, 15) is 13.2 Å². The maximum absolute atomic E-state index is 12.5. The molecule has 27 heavy (non-hydrogen) atoms. The highest BCUT2D eigenvalue weighted by atomic mass is 127. The Morgan fingerprint density at radius 1 is 0.963 bits per heavy atom. The van der Waals surface area contributed by atoms with Gasteiger partial charge in [0.2, 0.25) is 0 Å². The van der Waals surface area contributed by atoms with E-state index in [1.54, 1.807) is 7.05 Å². The number of nitrogens with one attached hydrogen (secondary N) is 2. The van der Waals surface area contributed by atoms with Crippen molar-refractivity contribution in [2.45, 2.75) is 25.9 Å². The molecule has 1 aromatic carbocycles. The molecule has 8 heteroatoms. The number of guanidine groups is 1. The molecule has 0 fully saturated rings. The van der Waals surface area contributed by atoms with E-state index in [-0.39, 0.29) is 24.0 Å². The molecule has 148 valence electrons. The number of pyridine rings is 1. The largest absolute Gasteiger partial charge is 0.416 e. The molecule has 1 heterocycles. The maximum atomic E-state index is 12.5. The van der Waals surface area contributed by atoms with Crippen LogP contribution >= 0.6 is 24.0 Å². The van der Waals surface area contributed by atoms with Gasteiger partial charge in [-0.15, -0.1) is 24.0 Å². The van der Waals surface area contributed by atoms with Gasteiger partial charge in [-0.05, 0) is 49.1 Å². The van der Waals surface area contributed by atoms with Crippen LogP contribution in [-0.4, -0.2) is 31.1 Å². The molecule has 0 aliphatic carbocycles. The lowest BCUT2D eigenvalue weighted by atomic mass is 10.1.